The van der Waals surface area contributed by atoms with Gasteiger partial charge >= 0.3 is 0 Å². The molecule has 1 aromatic heterocycles. The number of likely N-dealkylation sites (tertiary alicyclic amines) is 1. The number of thiazole rings is 1. The van der Waals surface area contributed by atoms with Gasteiger partial charge in [-0.3, -0.25) is 24.6 Å². The summed E-state index contributed by atoms with van der Waals surface area (Å²) in [5.74, 6) is -2.69. The van der Waals surface area contributed by atoms with Gasteiger partial charge in [-0.2, -0.15) is 0 Å². The molecular formula is C27H36FN7O4S. The zero-order valence-corrected chi connectivity index (χ0v) is 23.4. The average Bonchev–Trinajstić information content (AvgIpc) is 3.63. The summed E-state index contributed by atoms with van der Waals surface area (Å²) < 4.78 is 13.2. The van der Waals surface area contributed by atoms with E-state index in [1.165, 1.54) is 16.2 Å². The van der Waals surface area contributed by atoms with Crippen LogP contribution in [-0.4, -0.2) is 77.2 Å². The molecule has 6 N–H and O–H groups in total. The zero-order valence-electron chi connectivity index (χ0n) is 22.6. The van der Waals surface area contributed by atoms with Crippen LogP contribution in [0.3, 0.4) is 0 Å². The smallest absolute Gasteiger partial charge is 0.280 e. The van der Waals surface area contributed by atoms with Crippen molar-refractivity contribution in [1.29, 1.82) is 5.41 Å². The first-order valence-electron chi connectivity index (χ1n) is 13.2. The Morgan fingerprint density at radius 3 is 2.58 bits per heavy atom. The number of benzene rings is 1. The van der Waals surface area contributed by atoms with Gasteiger partial charge in [-0.25, -0.2) is 9.37 Å². The molecule has 216 valence electrons. The largest absolute Gasteiger partial charge is 0.370 e. The number of nitrogens with zero attached hydrogens (tertiary/aromatic N) is 2. The van der Waals surface area contributed by atoms with Gasteiger partial charge in [-0.15, -0.1) is 11.3 Å². The van der Waals surface area contributed by atoms with Crippen molar-refractivity contribution in [3.05, 3.63) is 41.5 Å². The highest BCUT2D eigenvalue weighted by Crippen LogP contribution is 2.26. The van der Waals surface area contributed by atoms with E-state index in [1.54, 1.807) is 20.0 Å². The Bertz CT molecular complexity index is 1210. The number of amides is 3. The topological polar surface area (TPSA) is 170 Å². The molecule has 0 spiro atoms. The maximum absolute atomic E-state index is 13.6. The Morgan fingerprint density at radius 2 is 1.93 bits per heavy atom. The molecule has 13 heteroatoms. The van der Waals surface area contributed by atoms with Crippen molar-refractivity contribution in [2.24, 2.45) is 11.7 Å². The highest BCUT2D eigenvalue weighted by atomic mass is 32.1. The van der Waals surface area contributed by atoms with Gasteiger partial charge in [0.25, 0.3) is 5.91 Å². The summed E-state index contributed by atoms with van der Waals surface area (Å²) in [5, 5.41) is 15.4. The number of alkyl halides is 1. The van der Waals surface area contributed by atoms with E-state index < -0.39 is 48.3 Å². The minimum Gasteiger partial charge on any atom is -0.370 e. The molecular weight excluding hydrogens is 537 g/mol. The number of guanidine groups is 1. The fraction of sp³-hybridized carbons (Fsp3) is 0.481. The summed E-state index contributed by atoms with van der Waals surface area (Å²) in [5.41, 5.74) is 6.18. The van der Waals surface area contributed by atoms with Gasteiger partial charge in [0, 0.05) is 19.3 Å². The van der Waals surface area contributed by atoms with E-state index in [2.05, 4.69) is 20.9 Å². The van der Waals surface area contributed by atoms with Crippen LogP contribution in [0, 0.1) is 11.3 Å². The van der Waals surface area contributed by atoms with E-state index in [4.69, 9.17) is 11.1 Å². The number of hydrogen-bond donors (Lipinski definition) is 5. The van der Waals surface area contributed by atoms with Gasteiger partial charge in [-0.05, 0) is 37.2 Å². The number of halogens is 1. The van der Waals surface area contributed by atoms with Gasteiger partial charge < -0.3 is 26.6 Å². The predicted molar refractivity (Wildman–Crippen MR) is 150 cm³/mol. The van der Waals surface area contributed by atoms with E-state index in [0.717, 1.165) is 10.4 Å². The molecule has 3 rings (SSSR count). The molecule has 1 saturated heterocycles. The van der Waals surface area contributed by atoms with Crippen molar-refractivity contribution in [3.8, 4) is 10.4 Å². The Balaban J connectivity index is 1.66. The summed E-state index contributed by atoms with van der Waals surface area (Å²) in [6, 6.07) is 6.72. The average molecular weight is 574 g/mol. The van der Waals surface area contributed by atoms with Crippen LogP contribution in [0.1, 0.15) is 49.3 Å². The maximum atomic E-state index is 13.6. The lowest BCUT2D eigenvalue weighted by Gasteiger charge is -2.31. The second-order valence-electron chi connectivity index (χ2n) is 9.92. The minimum absolute atomic E-state index is 0.152. The van der Waals surface area contributed by atoms with Crippen molar-refractivity contribution >= 4 is 40.8 Å². The third kappa shape index (κ3) is 8.07. The van der Waals surface area contributed by atoms with Crippen LogP contribution in [0.4, 0.5) is 4.39 Å². The minimum atomic E-state index is -1.23. The number of carbonyl (C=O) groups excluding carboxylic acids is 4. The number of aromatic nitrogens is 1. The number of rotatable bonds is 13. The third-order valence-electron chi connectivity index (χ3n) is 6.64. The van der Waals surface area contributed by atoms with Crippen LogP contribution >= 0.6 is 11.3 Å². The van der Waals surface area contributed by atoms with E-state index >= 15 is 0 Å². The SMILES string of the molecule is CC(C)C(NC(=O)c1ncc(-c2ccccc2)s1)C(=O)N1CCC[C@H]1C(=O)NC(CCCNC(=N)N)C(=O)CF. The molecule has 1 aliphatic heterocycles. The van der Waals surface area contributed by atoms with Crippen molar-refractivity contribution in [3.63, 3.8) is 0 Å². The summed E-state index contributed by atoms with van der Waals surface area (Å²) in [6.07, 6.45) is 3.09. The van der Waals surface area contributed by atoms with E-state index in [9.17, 15) is 23.6 Å². The normalized spacial score (nSPS) is 16.3. The Morgan fingerprint density at radius 1 is 1.20 bits per heavy atom. The fourth-order valence-corrected chi connectivity index (χ4v) is 5.34. The number of nitrogens with one attached hydrogen (secondary N) is 4. The first kappa shape index (κ1) is 30.7. The molecule has 0 aliphatic carbocycles. The zero-order chi connectivity index (χ0) is 29.2. The van der Waals surface area contributed by atoms with Gasteiger partial charge in [-0.1, -0.05) is 44.2 Å². The van der Waals surface area contributed by atoms with Gasteiger partial charge in [0.1, 0.15) is 18.8 Å². The Labute approximate surface area is 236 Å². The molecule has 11 nitrogen and oxygen atoms in total. The molecule has 2 aromatic rings. The van der Waals surface area contributed by atoms with Gasteiger partial charge in [0.15, 0.2) is 16.8 Å². The third-order valence-corrected chi connectivity index (χ3v) is 7.68. The quantitative estimate of drug-likeness (QED) is 0.138. The van der Waals surface area contributed by atoms with Crippen molar-refractivity contribution in [1.82, 2.24) is 25.8 Å². The number of hydrogen-bond acceptors (Lipinski definition) is 7. The van der Waals surface area contributed by atoms with E-state index in [1.807, 2.05) is 30.3 Å². The van der Waals surface area contributed by atoms with Crippen LogP contribution in [0.15, 0.2) is 36.5 Å². The molecule has 0 bridgehead atoms. The van der Waals surface area contributed by atoms with Crippen LogP contribution in [0.2, 0.25) is 0 Å². The van der Waals surface area contributed by atoms with Crippen LogP contribution in [0.25, 0.3) is 10.4 Å². The van der Waals surface area contributed by atoms with Crippen molar-refractivity contribution < 1.29 is 23.6 Å². The lowest BCUT2D eigenvalue weighted by Crippen LogP contribution is -2.56. The fourth-order valence-electron chi connectivity index (χ4n) is 4.52. The van der Waals surface area contributed by atoms with Gasteiger partial charge in [0.05, 0.1) is 10.9 Å². The first-order valence-corrected chi connectivity index (χ1v) is 14.0. The highest BCUT2D eigenvalue weighted by molar-refractivity contribution is 7.17. The molecule has 2 heterocycles. The number of Topliss-reactive ketones (excluding diaryl/α,β-unsaturated/α-hetero) is 1. The molecule has 40 heavy (non-hydrogen) atoms. The second-order valence-corrected chi connectivity index (χ2v) is 11.0. The standard InChI is InChI=1S/C27H36FN7O4S/c1-16(2)22(34-24(38)25-32-15-21(40-25)17-8-4-3-5-9-17)26(39)35-13-7-11-19(35)23(37)33-18(20(36)14-28)10-6-12-31-27(29)30/h3-5,8-9,15-16,18-19,22H,6-7,10-14H2,1-2H3,(H,33,37)(H,34,38)(H4,29,30,31)/t18?,19-,22?/m0/s1. The molecule has 2 unspecified atom stereocenters. The molecule has 0 radical (unpaired) electrons. The monoisotopic (exact) mass is 573 g/mol. The van der Waals surface area contributed by atoms with Crippen molar-refractivity contribution in [2.75, 3.05) is 19.8 Å². The van der Waals surface area contributed by atoms with Crippen LogP contribution in [0.5, 0.6) is 0 Å². The summed E-state index contributed by atoms with van der Waals surface area (Å²) >= 11 is 1.22. The molecule has 3 atom stereocenters. The molecule has 1 aliphatic rings. The van der Waals surface area contributed by atoms with E-state index in [0.29, 0.717) is 25.8 Å². The number of ketones is 1. The molecule has 1 fully saturated rings. The van der Waals surface area contributed by atoms with Gasteiger partial charge in [0.2, 0.25) is 11.8 Å². The Hall–Kier alpha value is -3.87. The van der Waals surface area contributed by atoms with Crippen LogP contribution in [-0.2, 0) is 14.4 Å². The Kier molecular flexibility index (Phi) is 11.1. The van der Waals surface area contributed by atoms with Crippen LogP contribution < -0.4 is 21.7 Å². The predicted octanol–water partition coefficient (Wildman–Crippen LogP) is 1.84. The first-order chi connectivity index (χ1) is 19.1. The summed E-state index contributed by atoms with van der Waals surface area (Å²) in [6.45, 7) is 2.97. The molecule has 1 aromatic carbocycles. The lowest BCUT2D eigenvalue weighted by atomic mass is 10.0. The van der Waals surface area contributed by atoms with E-state index in [-0.39, 0.29) is 29.9 Å². The molecule has 3 amide bonds. The number of nitrogens with two attached hydrogens (primary N) is 1. The van der Waals surface area contributed by atoms with Crippen molar-refractivity contribution in [2.45, 2.75) is 57.7 Å². The number of carbonyl (C=O) groups is 4. The molecule has 0 saturated carbocycles. The summed E-state index contributed by atoms with van der Waals surface area (Å²) in [7, 11) is 0. The second kappa shape index (κ2) is 14.5. The maximum Gasteiger partial charge on any atom is 0.280 e. The lowest BCUT2D eigenvalue weighted by molar-refractivity contribution is -0.141. The highest BCUT2D eigenvalue weighted by Gasteiger charge is 2.39. The summed E-state index contributed by atoms with van der Waals surface area (Å²) in [4.78, 5) is 58.4.